The average molecular weight is 694 g/mol. The van der Waals surface area contributed by atoms with Gasteiger partial charge in [-0.3, -0.25) is 4.79 Å². The van der Waals surface area contributed by atoms with Gasteiger partial charge in [0.1, 0.15) is 11.6 Å². The van der Waals surface area contributed by atoms with Gasteiger partial charge in [-0.15, -0.1) is 0 Å². The molecule has 1 aromatic heterocycles. The van der Waals surface area contributed by atoms with Crippen LogP contribution in [0.2, 0.25) is 10.0 Å². The van der Waals surface area contributed by atoms with Crippen molar-refractivity contribution in [3.05, 3.63) is 118 Å². The molecule has 8 nitrogen and oxygen atoms in total. The Hall–Kier alpha value is -4.22. The van der Waals surface area contributed by atoms with Crippen LogP contribution < -0.4 is 10.1 Å². The minimum Gasteiger partial charge on any atom is -0.455 e. The Morgan fingerprint density at radius 1 is 0.872 bits per heavy atom. The first-order valence-electron chi connectivity index (χ1n) is 15.0. The summed E-state index contributed by atoms with van der Waals surface area (Å²) < 4.78 is 50.2. The largest absolute Gasteiger partial charge is 0.455 e. The van der Waals surface area contributed by atoms with Crippen molar-refractivity contribution in [2.75, 3.05) is 18.4 Å². The molecule has 6 rings (SSSR count). The van der Waals surface area contributed by atoms with Crippen molar-refractivity contribution in [3.8, 4) is 28.4 Å². The molecule has 0 atom stereocenters. The lowest BCUT2D eigenvalue weighted by atomic mass is 10.1. The zero-order valence-corrected chi connectivity index (χ0v) is 28.0. The Kier molecular flexibility index (Phi) is 9.39. The van der Waals surface area contributed by atoms with Crippen LogP contribution in [0.15, 0.2) is 89.8 Å². The summed E-state index contributed by atoms with van der Waals surface area (Å²) in [7, 11) is -3.84. The van der Waals surface area contributed by atoms with E-state index in [-0.39, 0.29) is 22.0 Å². The van der Waals surface area contributed by atoms with Gasteiger partial charge in [-0.2, -0.15) is 9.40 Å². The van der Waals surface area contributed by atoms with Crippen molar-refractivity contribution in [1.29, 1.82) is 0 Å². The number of ether oxygens (including phenoxy) is 1. The maximum atomic E-state index is 13.9. The Morgan fingerprint density at radius 3 is 2.26 bits per heavy atom. The second-order valence-corrected chi connectivity index (χ2v) is 14.2. The first-order chi connectivity index (χ1) is 22.5. The second-order valence-electron chi connectivity index (χ2n) is 11.4. The summed E-state index contributed by atoms with van der Waals surface area (Å²) in [4.78, 5) is 13.9. The number of nitrogens with one attached hydrogen (secondary N) is 1. The number of sulfonamides is 1. The van der Waals surface area contributed by atoms with Crippen LogP contribution >= 0.6 is 23.2 Å². The fraction of sp³-hybridized carbons (Fsp3) is 0.200. The van der Waals surface area contributed by atoms with Gasteiger partial charge < -0.3 is 10.1 Å². The molecule has 0 bridgehead atoms. The SMILES string of the molecule is Cc1ccc(-n2nc(C(=O)Nc3cc(S(=O)(=O)N4CCCCC4)ccc3Oc3cc(Cl)cc(Cl)c3)cc2-c2ccc(F)cc2)c(C)c1. The molecule has 0 aliphatic carbocycles. The fourth-order valence-electron chi connectivity index (χ4n) is 5.56. The normalized spacial score (nSPS) is 13.8. The van der Waals surface area contributed by atoms with Crippen LogP contribution in [0.25, 0.3) is 16.9 Å². The zero-order valence-electron chi connectivity index (χ0n) is 25.6. The number of halogens is 3. The zero-order chi connectivity index (χ0) is 33.3. The Balaban J connectivity index is 1.41. The topological polar surface area (TPSA) is 93.5 Å². The third-order valence-electron chi connectivity index (χ3n) is 7.88. The molecule has 1 aliphatic heterocycles. The number of aryl methyl sites for hydroxylation is 2. The smallest absolute Gasteiger partial charge is 0.276 e. The number of piperidine rings is 1. The maximum absolute atomic E-state index is 13.9. The monoisotopic (exact) mass is 692 g/mol. The highest BCUT2D eigenvalue weighted by Crippen LogP contribution is 2.36. The molecule has 0 unspecified atom stereocenters. The molecule has 5 aromatic rings. The van der Waals surface area contributed by atoms with Crippen molar-refractivity contribution < 1.29 is 22.3 Å². The van der Waals surface area contributed by atoms with Gasteiger partial charge in [-0.05, 0) is 105 Å². The molecule has 0 spiro atoms. The minimum atomic E-state index is -3.84. The highest BCUT2D eigenvalue weighted by atomic mass is 35.5. The van der Waals surface area contributed by atoms with E-state index in [4.69, 9.17) is 27.9 Å². The van der Waals surface area contributed by atoms with E-state index in [1.165, 1.54) is 34.6 Å². The van der Waals surface area contributed by atoms with Gasteiger partial charge >= 0.3 is 0 Å². The number of hydrogen-bond acceptors (Lipinski definition) is 5. The molecule has 1 N–H and O–H groups in total. The van der Waals surface area contributed by atoms with Crippen LogP contribution in [0.1, 0.15) is 40.9 Å². The van der Waals surface area contributed by atoms with Crippen LogP contribution in [-0.4, -0.2) is 41.5 Å². The molecule has 47 heavy (non-hydrogen) atoms. The summed E-state index contributed by atoms with van der Waals surface area (Å²) in [5.41, 5.74) is 4.09. The molecular weight excluding hydrogens is 662 g/mol. The lowest BCUT2D eigenvalue weighted by molar-refractivity contribution is 0.102. The van der Waals surface area contributed by atoms with E-state index >= 15 is 0 Å². The third kappa shape index (κ3) is 7.21. The van der Waals surface area contributed by atoms with Crippen molar-refractivity contribution in [2.45, 2.75) is 38.0 Å². The van der Waals surface area contributed by atoms with Crippen LogP contribution in [-0.2, 0) is 10.0 Å². The maximum Gasteiger partial charge on any atom is 0.276 e. The fourth-order valence-corrected chi connectivity index (χ4v) is 7.61. The van der Waals surface area contributed by atoms with Gasteiger partial charge in [0.2, 0.25) is 10.0 Å². The third-order valence-corrected chi connectivity index (χ3v) is 10.2. The highest BCUT2D eigenvalue weighted by Gasteiger charge is 2.28. The second kappa shape index (κ2) is 13.5. The number of hydrogen-bond donors (Lipinski definition) is 1. The van der Waals surface area contributed by atoms with Crippen molar-refractivity contribution in [2.24, 2.45) is 0 Å². The van der Waals surface area contributed by atoms with Crippen molar-refractivity contribution >= 4 is 44.8 Å². The van der Waals surface area contributed by atoms with E-state index in [0.717, 1.165) is 36.1 Å². The highest BCUT2D eigenvalue weighted by molar-refractivity contribution is 7.89. The molecule has 12 heteroatoms. The van der Waals surface area contributed by atoms with Crippen LogP contribution in [0.3, 0.4) is 0 Å². The number of aromatic nitrogens is 2. The number of amides is 1. The quantitative estimate of drug-likeness (QED) is 0.175. The lowest BCUT2D eigenvalue weighted by Gasteiger charge is -2.26. The molecule has 1 aliphatic rings. The van der Waals surface area contributed by atoms with Crippen LogP contribution in [0.5, 0.6) is 11.5 Å². The standard InChI is InChI=1S/C35H31Cl2FN4O4S/c1-22-6-12-32(23(2)16-22)42-33(24-7-9-27(38)10-8-24)21-31(40-42)35(43)39-30-20-29(47(44,45)41-14-4-3-5-15-41)11-13-34(30)46-28-18-25(36)17-26(37)19-28/h6-13,16-21H,3-5,14-15H2,1-2H3,(H,39,43). The summed E-state index contributed by atoms with van der Waals surface area (Å²) in [5.74, 6) is -0.542. The summed E-state index contributed by atoms with van der Waals surface area (Å²) in [6.07, 6.45) is 2.52. The summed E-state index contributed by atoms with van der Waals surface area (Å²) in [6, 6.07) is 22.3. The van der Waals surface area contributed by atoms with E-state index in [9.17, 15) is 17.6 Å². The van der Waals surface area contributed by atoms with Crippen molar-refractivity contribution in [3.63, 3.8) is 0 Å². The lowest BCUT2D eigenvalue weighted by Crippen LogP contribution is -2.35. The van der Waals surface area contributed by atoms with Gasteiger partial charge in [0.25, 0.3) is 5.91 Å². The van der Waals surface area contributed by atoms with Gasteiger partial charge in [0, 0.05) is 28.7 Å². The Labute approximate surface area is 282 Å². The van der Waals surface area contributed by atoms with Gasteiger partial charge in [0.15, 0.2) is 11.4 Å². The first-order valence-corrected chi connectivity index (χ1v) is 17.2. The minimum absolute atomic E-state index is 0.0130. The number of carbonyl (C=O) groups is 1. The summed E-state index contributed by atoms with van der Waals surface area (Å²) in [5, 5.41) is 8.16. The first kappa shape index (κ1) is 32.7. The van der Waals surface area contributed by atoms with E-state index < -0.39 is 21.7 Å². The van der Waals surface area contributed by atoms with E-state index in [2.05, 4.69) is 10.4 Å². The molecule has 1 amide bonds. The Morgan fingerprint density at radius 2 is 1.57 bits per heavy atom. The van der Waals surface area contributed by atoms with Gasteiger partial charge in [-0.25, -0.2) is 17.5 Å². The van der Waals surface area contributed by atoms with Crippen LogP contribution in [0.4, 0.5) is 10.1 Å². The molecule has 2 heterocycles. The molecule has 0 saturated carbocycles. The molecule has 4 aromatic carbocycles. The van der Waals surface area contributed by atoms with Crippen LogP contribution in [0, 0.1) is 19.7 Å². The molecule has 1 saturated heterocycles. The molecule has 1 fully saturated rings. The van der Waals surface area contributed by atoms with Gasteiger partial charge in [0.05, 0.1) is 22.0 Å². The number of carbonyl (C=O) groups excluding carboxylic acids is 1. The molecule has 0 radical (unpaired) electrons. The predicted octanol–water partition coefficient (Wildman–Crippen LogP) is 8.82. The van der Waals surface area contributed by atoms with E-state index in [1.807, 2.05) is 32.0 Å². The Bertz CT molecular complexity index is 2060. The van der Waals surface area contributed by atoms with E-state index in [1.54, 1.807) is 41.1 Å². The molecule has 242 valence electrons. The van der Waals surface area contributed by atoms with Gasteiger partial charge in [-0.1, -0.05) is 47.3 Å². The number of rotatable bonds is 8. The number of anilines is 1. The average Bonchev–Trinajstić information content (AvgIpc) is 3.47. The summed E-state index contributed by atoms with van der Waals surface area (Å²) in [6.45, 7) is 4.77. The summed E-state index contributed by atoms with van der Waals surface area (Å²) >= 11 is 12.4. The molecular formula is C35H31Cl2FN4O4S. The number of benzene rings is 4. The predicted molar refractivity (Wildman–Crippen MR) is 182 cm³/mol. The van der Waals surface area contributed by atoms with E-state index in [0.29, 0.717) is 40.1 Å². The van der Waals surface area contributed by atoms with Crippen molar-refractivity contribution in [1.82, 2.24) is 14.1 Å². The number of nitrogens with zero attached hydrogens (tertiary/aromatic N) is 3.